The molecule has 2 aromatic carbocycles. The number of aliphatic hydroxyl groups is 1. The number of thiazole rings is 1. The van der Waals surface area contributed by atoms with Crippen LogP contribution in [0.1, 0.15) is 39.5 Å². The van der Waals surface area contributed by atoms with Crippen LogP contribution in [0, 0.1) is 17.0 Å². The highest BCUT2D eigenvalue weighted by atomic mass is 32.1. The minimum absolute atomic E-state index is 0.127. The lowest BCUT2D eigenvalue weighted by Crippen LogP contribution is -2.30. The van der Waals surface area contributed by atoms with Crippen LogP contribution in [0.15, 0.2) is 72.0 Å². The molecule has 1 aliphatic rings. The molecule has 4 rings (SSSR count). The van der Waals surface area contributed by atoms with Gasteiger partial charge in [0.1, 0.15) is 0 Å². The van der Waals surface area contributed by atoms with Crippen molar-refractivity contribution < 1.29 is 24.4 Å². The van der Waals surface area contributed by atoms with Gasteiger partial charge in [-0.2, -0.15) is 0 Å². The number of amides is 1. The number of aliphatic hydroxyl groups excluding tert-OH is 1. The molecule has 0 saturated heterocycles. The summed E-state index contributed by atoms with van der Waals surface area (Å²) in [5, 5.41) is 22.0. The largest absolute Gasteiger partial charge is 0.503 e. The van der Waals surface area contributed by atoms with Crippen molar-refractivity contribution in [1.29, 1.82) is 0 Å². The second-order valence-corrected chi connectivity index (χ2v) is 8.74. The fraction of sp³-hybridized carbons (Fsp3) is 0.120. The highest BCUT2D eigenvalue weighted by Crippen LogP contribution is 2.43. The number of carbonyl (C=O) groups is 3. The van der Waals surface area contributed by atoms with Gasteiger partial charge in [-0.05, 0) is 36.3 Å². The lowest BCUT2D eigenvalue weighted by Gasteiger charge is -2.24. The number of Topliss-reactive ketones (excluding diaryl/α,β-unsaturated/α-hetero) is 1. The zero-order valence-corrected chi connectivity index (χ0v) is 19.5. The number of nitrogens with zero attached hydrogens (tertiary/aromatic N) is 3. The summed E-state index contributed by atoms with van der Waals surface area (Å²) in [5.41, 5.74) is 1.17. The average molecular weight is 490 g/mol. The molecule has 0 bridgehead atoms. The Balaban J connectivity index is 1.82. The normalized spacial score (nSPS) is 15.8. The van der Waals surface area contributed by atoms with Gasteiger partial charge in [0.15, 0.2) is 22.5 Å². The van der Waals surface area contributed by atoms with Crippen molar-refractivity contribution in [3.8, 4) is 0 Å². The third kappa shape index (κ3) is 4.51. The van der Waals surface area contributed by atoms with E-state index in [0.717, 1.165) is 21.8 Å². The first kappa shape index (κ1) is 23.7. The monoisotopic (exact) mass is 489 g/mol. The third-order valence-corrected chi connectivity index (χ3v) is 6.69. The van der Waals surface area contributed by atoms with E-state index >= 15 is 0 Å². The fourth-order valence-corrected chi connectivity index (χ4v) is 4.77. The smallest absolute Gasteiger partial charge is 0.296 e. The number of hydrogen-bond acceptors (Lipinski definition) is 8. The van der Waals surface area contributed by atoms with Gasteiger partial charge in [-0.3, -0.25) is 29.4 Å². The van der Waals surface area contributed by atoms with E-state index in [-0.39, 0.29) is 22.2 Å². The second-order valence-electron chi connectivity index (χ2n) is 7.76. The molecular weight excluding hydrogens is 470 g/mol. The Labute approximate surface area is 203 Å². The molecule has 1 unspecified atom stereocenters. The molecule has 1 amide bonds. The molecule has 1 aromatic heterocycles. The zero-order chi connectivity index (χ0) is 25.3. The summed E-state index contributed by atoms with van der Waals surface area (Å²) in [6.45, 7) is 3.00. The van der Waals surface area contributed by atoms with Crippen LogP contribution < -0.4 is 4.90 Å². The number of nitro benzene ring substituents is 1. The minimum atomic E-state index is -1.10. The zero-order valence-electron chi connectivity index (χ0n) is 18.7. The number of nitro groups is 1. The minimum Gasteiger partial charge on any atom is -0.503 e. The van der Waals surface area contributed by atoms with Crippen LogP contribution in [0.25, 0.3) is 6.08 Å². The Hall–Kier alpha value is -4.44. The molecule has 10 heteroatoms. The van der Waals surface area contributed by atoms with Gasteiger partial charge in [0, 0.05) is 19.1 Å². The summed E-state index contributed by atoms with van der Waals surface area (Å²) in [7, 11) is 0. The van der Waals surface area contributed by atoms with Gasteiger partial charge in [0.25, 0.3) is 11.6 Å². The first-order valence-corrected chi connectivity index (χ1v) is 11.3. The number of anilines is 1. The predicted octanol–water partition coefficient (Wildman–Crippen LogP) is 4.74. The van der Waals surface area contributed by atoms with Crippen molar-refractivity contribution in [2.45, 2.75) is 19.9 Å². The van der Waals surface area contributed by atoms with Crippen LogP contribution in [-0.4, -0.2) is 32.5 Å². The number of rotatable bonds is 7. The number of ketones is 2. The molecule has 2 heterocycles. The number of non-ortho nitro benzene ring substituents is 1. The van der Waals surface area contributed by atoms with Gasteiger partial charge >= 0.3 is 0 Å². The Morgan fingerprint density at radius 1 is 1.14 bits per heavy atom. The molecular formula is C25H19N3O6S. The first-order valence-electron chi connectivity index (χ1n) is 10.5. The van der Waals surface area contributed by atoms with Crippen LogP contribution in [-0.2, 0) is 9.59 Å². The summed E-state index contributed by atoms with van der Waals surface area (Å²) in [4.78, 5) is 54.7. The molecule has 0 saturated carbocycles. The lowest BCUT2D eigenvalue weighted by molar-refractivity contribution is -0.384. The average Bonchev–Trinajstić information content (AvgIpc) is 3.35. The van der Waals surface area contributed by atoms with Gasteiger partial charge in [-0.25, -0.2) is 4.98 Å². The highest BCUT2D eigenvalue weighted by Gasteiger charge is 2.45. The van der Waals surface area contributed by atoms with E-state index in [1.165, 1.54) is 37.3 Å². The first-order chi connectivity index (χ1) is 16.7. The summed E-state index contributed by atoms with van der Waals surface area (Å²) >= 11 is 0.970. The maximum Gasteiger partial charge on any atom is 0.296 e. The molecule has 1 atom stereocenters. The van der Waals surface area contributed by atoms with Crippen molar-refractivity contribution in [2.24, 2.45) is 0 Å². The maximum atomic E-state index is 13.2. The quantitative estimate of drug-likeness (QED) is 0.219. The molecule has 0 aliphatic carbocycles. The molecule has 0 spiro atoms. The lowest BCUT2D eigenvalue weighted by atomic mass is 9.95. The van der Waals surface area contributed by atoms with Crippen LogP contribution >= 0.6 is 11.3 Å². The van der Waals surface area contributed by atoms with E-state index in [9.17, 15) is 29.6 Å². The Bertz CT molecular complexity index is 1410. The van der Waals surface area contributed by atoms with Crippen LogP contribution in [0.4, 0.5) is 10.8 Å². The van der Waals surface area contributed by atoms with Crippen LogP contribution in [0.2, 0.25) is 0 Å². The summed E-state index contributed by atoms with van der Waals surface area (Å²) < 4.78 is 0. The highest BCUT2D eigenvalue weighted by molar-refractivity contribution is 7.17. The summed E-state index contributed by atoms with van der Waals surface area (Å²) in [6.07, 6.45) is 2.81. The van der Waals surface area contributed by atoms with Crippen LogP contribution in [0.5, 0.6) is 0 Å². The van der Waals surface area contributed by atoms with Gasteiger partial charge in [0.2, 0.25) is 0 Å². The predicted molar refractivity (Wildman–Crippen MR) is 130 cm³/mol. The van der Waals surface area contributed by atoms with Crippen molar-refractivity contribution in [3.05, 3.63) is 104 Å². The summed E-state index contributed by atoms with van der Waals surface area (Å²) in [6, 6.07) is 13.3. The number of aryl methyl sites for hydroxylation is 1. The molecule has 9 nitrogen and oxygen atoms in total. The van der Waals surface area contributed by atoms with Gasteiger partial charge in [0.05, 0.1) is 27.1 Å². The molecule has 1 N–H and O–H groups in total. The molecule has 35 heavy (non-hydrogen) atoms. The van der Waals surface area contributed by atoms with Crippen molar-refractivity contribution >= 4 is 45.7 Å². The van der Waals surface area contributed by atoms with E-state index in [1.54, 1.807) is 37.3 Å². The molecule has 0 fully saturated rings. The van der Waals surface area contributed by atoms with Crippen molar-refractivity contribution in [1.82, 2.24) is 4.98 Å². The molecule has 3 aromatic rings. The second kappa shape index (κ2) is 9.43. The number of benzene rings is 2. The number of carbonyl (C=O) groups excluding carboxylic acids is 3. The molecule has 176 valence electrons. The van der Waals surface area contributed by atoms with E-state index in [1.807, 2.05) is 6.07 Å². The number of allylic oxidation sites excluding steroid dienone is 1. The topological polar surface area (TPSA) is 131 Å². The van der Waals surface area contributed by atoms with E-state index in [2.05, 4.69) is 4.98 Å². The third-order valence-electron chi connectivity index (χ3n) is 5.43. The van der Waals surface area contributed by atoms with Gasteiger partial charge in [-0.15, -0.1) is 0 Å². The molecule has 0 radical (unpaired) electrons. The van der Waals surface area contributed by atoms with Gasteiger partial charge in [-0.1, -0.05) is 47.7 Å². The Morgan fingerprint density at radius 3 is 2.37 bits per heavy atom. The van der Waals surface area contributed by atoms with Crippen molar-refractivity contribution in [3.63, 3.8) is 0 Å². The Kier molecular flexibility index (Phi) is 6.39. The standard InChI is InChI=1S/C25H19N3O6S/c1-14-23(15(2)29)35-25(26-14)27-21(17-9-11-18(12-10-17)28(33)34)20(22(31)24(27)32)19(30)13-8-16-6-4-3-5-7-16/h3-13,21,31H,1-2H3/b13-8+. The van der Waals surface area contributed by atoms with E-state index in [4.69, 9.17) is 0 Å². The molecule has 1 aliphatic heterocycles. The fourth-order valence-electron chi connectivity index (χ4n) is 3.79. The number of aromatic nitrogens is 1. The Morgan fingerprint density at radius 2 is 1.80 bits per heavy atom. The van der Waals surface area contributed by atoms with Crippen LogP contribution in [0.3, 0.4) is 0 Å². The maximum absolute atomic E-state index is 13.2. The van der Waals surface area contributed by atoms with Gasteiger partial charge < -0.3 is 5.11 Å². The SMILES string of the molecule is CC(=O)c1sc(N2C(=O)C(O)=C(C(=O)/C=C/c3ccccc3)C2c2ccc([N+](=O)[O-])cc2)nc1C. The van der Waals surface area contributed by atoms with Crippen molar-refractivity contribution in [2.75, 3.05) is 4.90 Å². The van der Waals surface area contributed by atoms with E-state index < -0.39 is 28.4 Å². The number of hydrogen-bond donors (Lipinski definition) is 1. The summed E-state index contributed by atoms with van der Waals surface area (Å²) in [5.74, 6) is -2.43. The van der Waals surface area contributed by atoms with E-state index in [0.29, 0.717) is 16.1 Å².